The van der Waals surface area contributed by atoms with E-state index >= 15 is 0 Å². The van der Waals surface area contributed by atoms with Crippen LogP contribution in [0.2, 0.25) is 0 Å². The van der Waals surface area contributed by atoms with Crippen LogP contribution in [-0.2, 0) is 32.0 Å². The van der Waals surface area contributed by atoms with Gasteiger partial charge in [0.05, 0.1) is 107 Å². The number of hydrogen-bond acceptors (Lipinski definition) is 30. The predicted molar refractivity (Wildman–Crippen MR) is 438 cm³/mol. The van der Waals surface area contributed by atoms with Crippen LogP contribution in [0.5, 0.6) is 28.7 Å². The number of methoxy groups -OCH3 is 8. The van der Waals surface area contributed by atoms with Gasteiger partial charge >= 0.3 is 0 Å². The number of aliphatic hydroxyl groups excluding tert-OH is 4. The Morgan fingerprint density at radius 3 is 1.24 bits per heavy atom. The van der Waals surface area contributed by atoms with Crippen LogP contribution in [0.4, 0.5) is 17.6 Å². The fourth-order valence-electron chi connectivity index (χ4n) is 16.2. The second-order valence-electron chi connectivity index (χ2n) is 29.5. The van der Waals surface area contributed by atoms with E-state index in [1.807, 2.05) is 39.5 Å². The fourth-order valence-corrected chi connectivity index (χ4v) is 17.0. The van der Waals surface area contributed by atoms with Crippen molar-refractivity contribution in [1.29, 1.82) is 0 Å². The molecular weight excluding hydrogens is 1780 g/mol. The number of likely N-dealkylation sites (N-methyl/N-ethyl adjacent to an activating group) is 4. The van der Waals surface area contributed by atoms with Crippen molar-refractivity contribution in [3.8, 4) is 28.7 Å². The smallest absolute Gasteiger partial charge is 0.277 e. The number of nitrogens with zero attached hydrogens (tertiary/aromatic N) is 13. The van der Waals surface area contributed by atoms with Crippen molar-refractivity contribution in [1.82, 2.24) is 58.9 Å². The van der Waals surface area contributed by atoms with E-state index in [1.165, 1.54) is 116 Å². The molecule has 9 atom stereocenters. The molecular formula is C78H90F4IN17O25. The van der Waals surface area contributed by atoms with E-state index in [4.69, 9.17) is 37.9 Å². The van der Waals surface area contributed by atoms with E-state index in [-0.39, 0.29) is 173 Å². The normalized spacial score (nSPS) is 20.3. The Morgan fingerprint density at radius 2 is 0.824 bits per heavy atom. The third-order valence-electron chi connectivity index (χ3n) is 22.3. The van der Waals surface area contributed by atoms with Gasteiger partial charge in [-0.1, -0.05) is 19.1 Å². The van der Waals surface area contributed by atoms with E-state index in [0.717, 1.165) is 23.9 Å². The number of pyridine rings is 5. The number of carbonyl (C=O) groups is 7. The van der Waals surface area contributed by atoms with Gasteiger partial charge in [-0.15, -0.1) is 0 Å². The number of amides is 7. The number of carbonyl (C=O) groups excluding carboxylic acids is 7. The molecule has 9 aliphatic heterocycles. The zero-order chi connectivity index (χ0) is 91.4. The molecule has 0 spiro atoms. The highest BCUT2D eigenvalue weighted by molar-refractivity contribution is 14.1. The first-order chi connectivity index (χ1) is 59.4. The minimum absolute atomic E-state index is 0.0000307. The van der Waals surface area contributed by atoms with E-state index in [1.54, 1.807) is 47.4 Å². The number of ether oxygens (including phenoxy) is 8. The van der Waals surface area contributed by atoms with E-state index in [0.29, 0.717) is 46.8 Å². The summed E-state index contributed by atoms with van der Waals surface area (Å²) in [4.78, 5) is 157. The lowest BCUT2D eigenvalue weighted by atomic mass is 10.1. The molecule has 7 aromatic rings. The standard InChI is InChI=1S/C21H22F2N4O6.C20H20F2N4O6.C13H16IN3O5.C13H17N3O5.C11H15N3O3/c1-25-14(9-32-2)26-8-13(28)16-15(18(29)19(33-3)17(21(25)31)27(16)26)20(30)24-7-10-4-5-11(22)6-12(10)23;1-24-13(8-32-2)25-7-12(27)15-14(17(28)18(29)16(20(24)31)26(15)25)19(30)23-6-9-3-4-10(21)5-11(9)22;1-15-7(5-21-2)16-4-6(18)9-8(14)11(19)12(22-3)10(13(15)20)17(9)16;1-14-10(6-20-2)15-5-9(18)7-4-8(17)12(21-3)11(13(14)19)16(7)15;1-6-5-13-14-7(6)4-8(15)10(17-3)9(14)11(16)12-2/h4-6,13-14,28H,7-9H2,1-3H3,(H,24,30);3-5,12-13,27,29H,6-8H2,1-2H3,(H,23,30);6-7,18H,4-5H2,1-3H3;4,9-10,18H,5-6H2,1-3H3;4,6,13H,5H2,1-3H3,(H,12,16). The lowest BCUT2D eigenvalue weighted by molar-refractivity contribution is 0.0461. The number of aliphatic hydroxyl groups is 4. The first kappa shape index (κ1) is 91.8. The molecule has 16 rings (SSSR count). The molecule has 0 fully saturated rings. The highest BCUT2D eigenvalue weighted by Crippen LogP contribution is 2.40. The van der Waals surface area contributed by atoms with Gasteiger partial charge in [0.15, 0.2) is 57.2 Å². The van der Waals surface area contributed by atoms with Crippen LogP contribution in [0.1, 0.15) is 150 Å². The molecule has 2 aromatic carbocycles. The largest absolute Gasteiger partial charge is 0.502 e. The highest BCUT2D eigenvalue weighted by atomic mass is 127. The van der Waals surface area contributed by atoms with Crippen molar-refractivity contribution >= 4 is 63.9 Å². The van der Waals surface area contributed by atoms with Gasteiger partial charge in [-0.05, 0) is 34.7 Å². The molecule has 672 valence electrons. The molecule has 9 N–H and O–H groups in total. The van der Waals surface area contributed by atoms with Crippen LogP contribution in [0.25, 0.3) is 0 Å². The lowest BCUT2D eigenvalue weighted by Gasteiger charge is -2.42. The van der Waals surface area contributed by atoms with E-state index in [2.05, 4.69) is 21.4 Å². The van der Waals surface area contributed by atoms with Crippen molar-refractivity contribution in [2.45, 2.75) is 75.0 Å². The first-order valence-corrected chi connectivity index (χ1v) is 39.3. The summed E-state index contributed by atoms with van der Waals surface area (Å²) in [7, 11) is 19.1. The lowest BCUT2D eigenvalue weighted by Crippen LogP contribution is -2.60. The Labute approximate surface area is 720 Å². The van der Waals surface area contributed by atoms with Crippen LogP contribution in [0.15, 0.2) is 72.5 Å². The van der Waals surface area contributed by atoms with Gasteiger partial charge in [0.1, 0.15) is 83.5 Å². The predicted octanol–water partition coefficient (Wildman–Crippen LogP) is -1.80. The number of rotatable bonds is 19. The Morgan fingerprint density at radius 1 is 0.464 bits per heavy atom. The molecule has 0 saturated carbocycles. The van der Waals surface area contributed by atoms with E-state index in [9.17, 15) is 101 Å². The summed E-state index contributed by atoms with van der Waals surface area (Å²) in [6.07, 6.45) is -6.26. The molecule has 0 radical (unpaired) electrons. The molecule has 42 nitrogen and oxygen atoms in total. The van der Waals surface area contributed by atoms with Crippen LogP contribution in [0, 0.1) is 26.8 Å². The molecule has 0 aliphatic carbocycles. The average molecular weight is 1870 g/mol. The Bertz CT molecular complexity index is 5850. The van der Waals surface area contributed by atoms with Crippen molar-refractivity contribution in [2.75, 3.05) is 177 Å². The first-order valence-electron chi connectivity index (χ1n) is 38.3. The zero-order valence-corrected chi connectivity index (χ0v) is 71.9. The van der Waals surface area contributed by atoms with Gasteiger partial charge < -0.3 is 104 Å². The highest BCUT2D eigenvalue weighted by Gasteiger charge is 2.52. The van der Waals surface area contributed by atoms with Crippen molar-refractivity contribution < 1.29 is 115 Å². The fraction of sp³-hybridized carbons (Fsp3) is 0.436. The van der Waals surface area contributed by atoms with Crippen molar-refractivity contribution in [3.05, 3.63) is 206 Å². The topological polar surface area (TPSA) is 479 Å². The molecule has 47 heteroatoms. The van der Waals surface area contributed by atoms with Gasteiger partial charge in [0, 0.05) is 130 Å². The Kier molecular flexibility index (Phi) is 27.0. The van der Waals surface area contributed by atoms with Crippen LogP contribution in [0.3, 0.4) is 0 Å². The van der Waals surface area contributed by atoms with Gasteiger partial charge in [0.2, 0.25) is 27.1 Å². The summed E-state index contributed by atoms with van der Waals surface area (Å²) in [6, 6.07) is 8.53. The Hall–Kier alpha value is -12.4. The van der Waals surface area contributed by atoms with Crippen LogP contribution >= 0.6 is 22.6 Å². The molecule has 14 heterocycles. The average Bonchev–Trinajstić information content (AvgIpc) is 1.60. The Balaban J connectivity index is 0.000000145. The molecule has 5 aromatic heterocycles. The maximum absolute atomic E-state index is 14.0. The number of nitrogens with one attached hydrogen (secondary N) is 4. The van der Waals surface area contributed by atoms with E-state index < -0.39 is 117 Å². The molecule has 9 unspecified atom stereocenters. The number of benzene rings is 2. The monoisotopic (exact) mass is 1870 g/mol. The van der Waals surface area contributed by atoms with Crippen molar-refractivity contribution in [2.24, 2.45) is 0 Å². The van der Waals surface area contributed by atoms with Gasteiger partial charge in [-0.25, -0.2) is 36.3 Å². The summed E-state index contributed by atoms with van der Waals surface area (Å²) in [5.41, 5.74) is 0.376. The number of hydrogen-bond donors (Lipinski definition) is 9. The SMILES string of the molecule is CNC(=O)c1c(OC)c(=O)cc2n1NCC2C.COCC1N(C)C(=O)c2c(O)c(=O)c(C(=O)NCc3ccc(F)cc3F)c3n2N1CC3O.COCC1N(C)C(=O)c2c(OC)c(=O)c(C(=O)NCc3ccc(F)cc3F)c3n2N1CC3O.COCC1N(C)C(=O)c2c(OC)c(=O)c(I)c3n2N1CC3O.COCC1N(C)C(=O)c2c(OC)c(=O)cc3n2N1CC3O. The maximum Gasteiger partial charge on any atom is 0.277 e. The summed E-state index contributed by atoms with van der Waals surface area (Å²) in [6.45, 7) is 3.20. The molecule has 0 bridgehead atoms. The summed E-state index contributed by atoms with van der Waals surface area (Å²) >= 11 is 1.89. The molecule has 7 amide bonds. The third kappa shape index (κ3) is 15.9. The maximum atomic E-state index is 14.0. The minimum Gasteiger partial charge on any atom is -0.502 e. The van der Waals surface area contributed by atoms with Crippen LogP contribution < -0.4 is 87.5 Å². The van der Waals surface area contributed by atoms with Gasteiger partial charge in [-0.2, -0.15) is 0 Å². The van der Waals surface area contributed by atoms with Gasteiger partial charge in [-0.3, -0.25) is 82.2 Å². The molecule has 125 heavy (non-hydrogen) atoms. The summed E-state index contributed by atoms with van der Waals surface area (Å²) in [5, 5.41) is 66.5. The number of fused-ring (bicyclic) bond motifs is 1. The number of halogens is 5. The molecule has 9 aliphatic rings. The molecule has 0 saturated heterocycles. The summed E-state index contributed by atoms with van der Waals surface area (Å²) in [5.74, 6) is -8.49. The van der Waals surface area contributed by atoms with Gasteiger partial charge in [0.25, 0.3) is 41.4 Å². The third-order valence-corrected chi connectivity index (χ3v) is 23.4. The van der Waals surface area contributed by atoms with Crippen LogP contribution in [-0.4, -0.2) is 286 Å². The van der Waals surface area contributed by atoms with Crippen molar-refractivity contribution in [3.63, 3.8) is 0 Å². The second kappa shape index (κ2) is 36.8. The number of aromatic nitrogens is 5. The number of aromatic hydroxyl groups is 1. The minimum atomic E-state index is -1.33. The zero-order valence-electron chi connectivity index (χ0n) is 69.7. The second-order valence-corrected chi connectivity index (χ2v) is 30.6. The summed E-state index contributed by atoms with van der Waals surface area (Å²) < 4.78 is 103. The quantitative estimate of drug-likeness (QED) is 0.0318.